The predicted molar refractivity (Wildman–Crippen MR) is 399 cm³/mol. The van der Waals surface area contributed by atoms with E-state index in [0.717, 1.165) is 205 Å². The van der Waals surface area contributed by atoms with E-state index in [1.807, 2.05) is 0 Å². The molecule has 0 saturated heterocycles. The average molecular weight is 1420 g/mol. The van der Waals surface area contributed by atoms with Crippen LogP contribution in [0.2, 0.25) is 0 Å². The third kappa shape index (κ3) is 69.9. The van der Waals surface area contributed by atoms with Crippen molar-refractivity contribution < 1.29 is 80.2 Å². The average Bonchev–Trinajstić information content (AvgIpc) is 0.986. The Morgan fingerprint density at radius 3 is 0.827 bits per heavy atom. The summed E-state index contributed by atoms with van der Waals surface area (Å²) >= 11 is 0. The van der Waals surface area contributed by atoms with Crippen molar-refractivity contribution in [3.05, 3.63) is 122 Å². The standard InChI is InChI=1S/C79H134O17P2/c1-5-9-13-17-21-25-29-32-35-36-39-41-45-48-52-56-60-64-77(82)90-70-75(96-79(84)66-62-58-54-50-46-42-38-34-31-27-23-19-15-11-7-3)72-94-98(87,88)92-68-73(80)67-91-97(85,86)93-71-74(95-78(83)65-61-57-53-49-43-28-24-20-16-12-8-4)69-89-76(81)63-59-55-51-47-44-40-37-33-30-26-22-18-14-10-6-2/h9-11,13-15,20-27,32-35,37-38,73-75,80H,5-8,12,16-19,28-31,36,39-72H2,1-4H3,(H,85,86)(H,87,88)/b13-9-,14-10-,15-11-,24-20-,25-21-,26-22-,27-23-,35-32-,37-33-,38-34-. The lowest BCUT2D eigenvalue weighted by Gasteiger charge is -2.21. The number of phosphoric acid groups is 2. The molecule has 0 radical (unpaired) electrons. The van der Waals surface area contributed by atoms with Crippen LogP contribution in [-0.4, -0.2) is 96.7 Å². The summed E-state index contributed by atoms with van der Waals surface area (Å²) in [6.07, 6.45) is 76.2. The van der Waals surface area contributed by atoms with E-state index in [1.54, 1.807) is 0 Å². The maximum absolute atomic E-state index is 13.1. The number of carbonyl (C=O) groups excluding carboxylic acids is 4. The van der Waals surface area contributed by atoms with E-state index in [-0.39, 0.29) is 25.7 Å². The zero-order chi connectivity index (χ0) is 71.8. The summed E-state index contributed by atoms with van der Waals surface area (Å²) in [5, 5.41) is 10.6. The zero-order valence-electron chi connectivity index (χ0n) is 61.2. The van der Waals surface area contributed by atoms with Gasteiger partial charge in [0.2, 0.25) is 0 Å². The van der Waals surface area contributed by atoms with Crippen LogP contribution in [0.4, 0.5) is 0 Å². The molecule has 0 bridgehead atoms. The second-order valence-electron chi connectivity index (χ2n) is 24.8. The summed E-state index contributed by atoms with van der Waals surface area (Å²) in [5.74, 6) is -2.23. The molecule has 98 heavy (non-hydrogen) atoms. The molecule has 0 aromatic carbocycles. The fourth-order valence-electron chi connectivity index (χ4n) is 9.71. The van der Waals surface area contributed by atoms with Gasteiger partial charge < -0.3 is 33.8 Å². The summed E-state index contributed by atoms with van der Waals surface area (Å²) in [7, 11) is -9.96. The molecule has 0 amide bonds. The highest BCUT2D eigenvalue weighted by atomic mass is 31.2. The Kier molecular flexibility index (Phi) is 67.6. The number of rotatable bonds is 70. The van der Waals surface area contributed by atoms with Gasteiger partial charge in [-0.3, -0.25) is 37.3 Å². The molecule has 3 N–H and O–H groups in total. The Morgan fingerprint density at radius 2 is 0.531 bits per heavy atom. The van der Waals surface area contributed by atoms with Gasteiger partial charge in [0.25, 0.3) is 0 Å². The minimum absolute atomic E-state index is 0.0708. The fourth-order valence-corrected chi connectivity index (χ4v) is 11.3. The van der Waals surface area contributed by atoms with Crippen LogP contribution in [-0.2, 0) is 65.4 Å². The van der Waals surface area contributed by atoms with Crippen molar-refractivity contribution in [1.29, 1.82) is 0 Å². The predicted octanol–water partition coefficient (Wildman–Crippen LogP) is 21.6. The van der Waals surface area contributed by atoms with E-state index in [2.05, 4.69) is 149 Å². The van der Waals surface area contributed by atoms with Crippen LogP contribution in [0.5, 0.6) is 0 Å². The molecule has 17 nitrogen and oxygen atoms in total. The van der Waals surface area contributed by atoms with Crippen molar-refractivity contribution in [3.8, 4) is 0 Å². The normalized spacial score (nSPS) is 14.6. The third-order valence-electron chi connectivity index (χ3n) is 15.4. The van der Waals surface area contributed by atoms with Gasteiger partial charge >= 0.3 is 39.5 Å². The smallest absolute Gasteiger partial charge is 0.462 e. The lowest BCUT2D eigenvalue weighted by Crippen LogP contribution is -2.30. The topological polar surface area (TPSA) is 237 Å². The van der Waals surface area contributed by atoms with Gasteiger partial charge in [-0.25, -0.2) is 9.13 Å². The van der Waals surface area contributed by atoms with Crippen LogP contribution in [0.25, 0.3) is 0 Å². The monoisotopic (exact) mass is 1420 g/mol. The molecule has 0 aromatic heterocycles. The summed E-state index contributed by atoms with van der Waals surface area (Å²) in [6.45, 7) is 4.44. The molecule has 5 unspecified atom stereocenters. The van der Waals surface area contributed by atoms with Gasteiger partial charge in [0.1, 0.15) is 19.3 Å². The highest BCUT2D eigenvalue weighted by Gasteiger charge is 2.30. The molecule has 0 spiro atoms. The molecule has 0 aromatic rings. The maximum Gasteiger partial charge on any atom is 0.472 e. The van der Waals surface area contributed by atoms with Gasteiger partial charge in [0, 0.05) is 25.7 Å². The minimum atomic E-state index is -4.98. The first kappa shape index (κ1) is 93.5. The Balaban J connectivity index is 5.36. The summed E-state index contributed by atoms with van der Waals surface area (Å²) in [5.41, 5.74) is 0. The Hall–Kier alpha value is -4.54. The molecule has 0 fully saturated rings. The number of aliphatic hydroxyl groups excluding tert-OH is 1. The minimum Gasteiger partial charge on any atom is -0.462 e. The molecule has 5 atom stereocenters. The van der Waals surface area contributed by atoms with Crippen LogP contribution >= 0.6 is 15.6 Å². The van der Waals surface area contributed by atoms with E-state index in [4.69, 9.17) is 37.0 Å². The molecule has 0 rings (SSSR count). The van der Waals surface area contributed by atoms with Crippen LogP contribution < -0.4 is 0 Å². The van der Waals surface area contributed by atoms with Gasteiger partial charge in [-0.05, 0) is 141 Å². The summed E-state index contributed by atoms with van der Waals surface area (Å²) in [4.78, 5) is 72.8. The highest BCUT2D eigenvalue weighted by Crippen LogP contribution is 2.45. The van der Waals surface area contributed by atoms with E-state index in [0.29, 0.717) is 25.7 Å². The SMILES string of the molecule is CC/C=C\C/C=C\C/C=C\CCCCCCCCCC(=O)OCC(COP(=O)(O)OCC(O)COP(=O)(O)OCC(COC(=O)CCCCCCC/C=C\C/C=C\C/C=C\CC)OC(=O)CCCCCCC/C=C\CCCC)OC(=O)CCCCCCC/C=C\C/C=C\C/C=C\CC. The third-order valence-corrected chi connectivity index (χ3v) is 17.3. The second kappa shape index (κ2) is 70.9. The van der Waals surface area contributed by atoms with Crippen molar-refractivity contribution in [2.24, 2.45) is 0 Å². The van der Waals surface area contributed by atoms with Crippen molar-refractivity contribution in [2.45, 2.75) is 316 Å². The molecule has 0 aliphatic heterocycles. The number of carbonyl (C=O) groups is 4. The van der Waals surface area contributed by atoms with Crippen LogP contribution in [0.15, 0.2) is 122 Å². The Labute approximate surface area is 593 Å². The number of hydrogen-bond donors (Lipinski definition) is 3. The molecule has 0 aliphatic carbocycles. The van der Waals surface area contributed by atoms with Crippen molar-refractivity contribution in [2.75, 3.05) is 39.6 Å². The number of hydrogen-bond acceptors (Lipinski definition) is 15. The van der Waals surface area contributed by atoms with Crippen molar-refractivity contribution in [3.63, 3.8) is 0 Å². The first-order valence-electron chi connectivity index (χ1n) is 37.8. The fraction of sp³-hybridized carbons (Fsp3) is 0.696. The first-order chi connectivity index (χ1) is 47.7. The second-order valence-corrected chi connectivity index (χ2v) is 27.7. The number of allylic oxidation sites excluding steroid dienone is 20. The molecule has 0 aliphatic rings. The summed E-state index contributed by atoms with van der Waals surface area (Å²) in [6, 6.07) is 0. The van der Waals surface area contributed by atoms with Gasteiger partial charge in [0.15, 0.2) is 12.2 Å². The first-order valence-corrected chi connectivity index (χ1v) is 40.8. The molecule has 0 saturated carbocycles. The lowest BCUT2D eigenvalue weighted by molar-refractivity contribution is -0.161. The number of ether oxygens (including phenoxy) is 4. The zero-order valence-corrected chi connectivity index (χ0v) is 63.0. The molecule has 19 heteroatoms. The lowest BCUT2D eigenvalue weighted by atomic mass is 10.1. The van der Waals surface area contributed by atoms with Gasteiger partial charge in [-0.1, -0.05) is 252 Å². The van der Waals surface area contributed by atoms with Crippen LogP contribution in [0.1, 0.15) is 297 Å². The van der Waals surface area contributed by atoms with Gasteiger partial charge in [-0.2, -0.15) is 0 Å². The van der Waals surface area contributed by atoms with E-state index >= 15 is 0 Å². The Bertz CT molecular complexity index is 2340. The summed E-state index contributed by atoms with van der Waals surface area (Å²) < 4.78 is 68.4. The van der Waals surface area contributed by atoms with E-state index in [1.165, 1.54) is 12.8 Å². The number of aliphatic hydroxyl groups is 1. The van der Waals surface area contributed by atoms with Crippen LogP contribution in [0, 0.1) is 0 Å². The molecular weight excluding hydrogens is 1280 g/mol. The Morgan fingerprint density at radius 1 is 0.296 bits per heavy atom. The van der Waals surface area contributed by atoms with E-state index in [9.17, 15) is 43.2 Å². The molecule has 562 valence electrons. The molecular formula is C79H134O17P2. The largest absolute Gasteiger partial charge is 0.472 e. The number of esters is 4. The maximum atomic E-state index is 13.1. The van der Waals surface area contributed by atoms with Gasteiger partial charge in [0.05, 0.1) is 26.4 Å². The number of phosphoric ester groups is 2. The van der Waals surface area contributed by atoms with Crippen LogP contribution in [0.3, 0.4) is 0 Å². The van der Waals surface area contributed by atoms with Crippen molar-refractivity contribution in [1.82, 2.24) is 0 Å². The number of unbranched alkanes of at least 4 members (excludes halogenated alkanes) is 24. The molecule has 0 heterocycles. The highest BCUT2D eigenvalue weighted by molar-refractivity contribution is 7.47. The quantitative estimate of drug-likeness (QED) is 0.0169. The van der Waals surface area contributed by atoms with Gasteiger partial charge in [-0.15, -0.1) is 0 Å². The van der Waals surface area contributed by atoms with Crippen molar-refractivity contribution >= 4 is 39.5 Å². The van der Waals surface area contributed by atoms with E-state index < -0.39 is 97.5 Å².